The van der Waals surface area contributed by atoms with E-state index in [0.717, 1.165) is 16.9 Å². The van der Waals surface area contributed by atoms with Crippen molar-refractivity contribution < 1.29 is 19.1 Å². The minimum absolute atomic E-state index is 0.196. The quantitative estimate of drug-likeness (QED) is 0.553. The van der Waals surface area contributed by atoms with Crippen LogP contribution in [0.25, 0.3) is 0 Å². The highest BCUT2D eigenvalue weighted by Crippen LogP contribution is 2.18. The van der Waals surface area contributed by atoms with Gasteiger partial charge in [-0.25, -0.2) is 4.98 Å². The molecule has 4 N–H and O–H groups in total. The molecule has 0 bridgehead atoms. The molecule has 3 rings (SSSR count). The maximum atomic E-state index is 12.2. The van der Waals surface area contributed by atoms with Gasteiger partial charge in [-0.05, 0) is 48.2 Å². The Hall–Kier alpha value is -3.32. The van der Waals surface area contributed by atoms with Gasteiger partial charge in [0.2, 0.25) is 5.89 Å². The van der Waals surface area contributed by atoms with Crippen molar-refractivity contribution in [2.24, 2.45) is 5.73 Å². The Balaban J connectivity index is 1.50. The van der Waals surface area contributed by atoms with Crippen molar-refractivity contribution in [3.8, 4) is 11.5 Å². The predicted octanol–water partition coefficient (Wildman–Crippen LogP) is 2.60. The van der Waals surface area contributed by atoms with Crippen molar-refractivity contribution in [1.82, 2.24) is 10.3 Å². The molecule has 0 saturated carbocycles. The molecule has 0 aliphatic rings. The Bertz CT molecular complexity index is 904. The molecular formula is C21H23N3O4. The summed E-state index contributed by atoms with van der Waals surface area (Å²) >= 11 is 0. The van der Waals surface area contributed by atoms with Gasteiger partial charge >= 0.3 is 0 Å². The first-order valence-corrected chi connectivity index (χ1v) is 8.95. The van der Waals surface area contributed by atoms with E-state index < -0.39 is 6.04 Å². The average molecular weight is 381 g/mol. The Morgan fingerprint density at radius 3 is 2.54 bits per heavy atom. The summed E-state index contributed by atoms with van der Waals surface area (Å²) in [5.74, 6) is 0.988. The number of benzene rings is 2. The third kappa shape index (κ3) is 5.11. The first-order valence-electron chi connectivity index (χ1n) is 8.95. The monoisotopic (exact) mass is 381 g/mol. The van der Waals surface area contributed by atoms with E-state index in [1.165, 1.54) is 6.26 Å². The number of amides is 1. The Labute approximate surface area is 163 Å². The molecule has 0 spiro atoms. The van der Waals surface area contributed by atoms with Gasteiger partial charge in [-0.2, -0.15) is 0 Å². The molecule has 2 aromatic carbocycles. The predicted molar refractivity (Wildman–Crippen MR) is 104 cm³/mol. The van der Waals surface area contributed by atoms with Gasteiger partial charge in [0.05, 0.1) is 13.2 Å². The summed E-state index contributed by atoms with van der Waals surface area (Å²) in [5.41, 5.74) is 8.35. The molecular weight excluding hydrogens is 358 g/mol. The molecule has 3 aromatic rings. The number of nitrogens with one attached hydrogen (secondary N) is 1. The van der Waals surface area contributed by atoms with Crippen molar-refractivity contribution in [3.63, 3.8) is 0 Å². The van der Waals surface area contributed by atoms with Crippen molar-refractivity contribution in [1.29, 1.82) is 0 Å². The van der Waals surface area contributed by atoms with Gasteiger partial charge < -0.3 is 25.3 Å². The molecule has 1 amide bonds. The minimum atomic E-state index is -0.481. The Morgan fingerprint density at radius 1 is 1.18 bits per heavy atom. The van der Waals surface area contributed by atoms with E-state index in [0.29, 0.717) is 25.3 Å². The van der Waals surface area contributed by atoms with Crippen LogP contribution in [0.15, 0.2) is 59.2 Å². The minimum Gasteiger partial charge on any atom is -0.508 e. The lowest BCUT2D eigenvalue weighted by Gasteiger charge is -2.07. The molecule has 0 aliphatic heterocycles. The number of nitrogens with two attached hydrogens (primary N) is 1. The number of nitrogens with zero attached hydrogens (tertiary/aromatic N) is 1. The van der Waals surface area contributed by atoms with Crippen molar-refractivity contribution in [2.45, 2.75) is 18.9 Å². The fraction of sp³-hybridized carbons (Fsp3) is 0.238. The van der Waals surface area contributed by atoms with E-state index in [1.807, 2.05) is 24.3 Å². The summed E-state index contributed by atoms with van der Waals surface area (Å²) in [6, 6.07) is 14.0. The van der Waals surface area contributed by atoms with Crippen molar-refractivity contribution >= 4 is 5.91 Å². The Morgan fingerprint density at radius 2 is 1.86 bits per heavy atom. The number of phenolic OH excluding ortho intramolecular Hbond substituents is 1. The molecule has 7 nitrogen and oxygen atoms in total. The van der Waals surface area contributed by atoms with Gasteiger partial charge in [-0.3, -0.25) is 4.79 Å². The molecule has 0 fully saturated rings. The molecule has 28 heavy (non-hydrogen) atoms. The van der Waals surface area contributed by atoms with Gasteiger partial charge in [-0.1, -0.05) is 24.3 Å². The van der Waals surface area contributed by atoms with Crippen LogP contribution in [-0.4, -0.2) is 29.7 Å². The maximum Gasteiger partial charge on any atom is 0.273 e. The number of phenols is 1. The number of aromatic hydroxyl groups is 1. The third-order valence-corrected chi connectivity index (χ3v) is 4.32. The maximum absolute atomic E-state index is 12.2. The zero-order chi connectivity index (χ0) is 19.9. The molecule has 0 saturated heterocycles. The lowest BCUT2D eigenvalue weighted by Crippen LogP contribution is -2.26. The van der Waals surface area contributed by atoms with Crippen LogP contribution in [0, 0.1) is 0 Å². The van der Waals surface area contributed by atoms with E-state index in [9.17, 15) is 9.90 Å². The van der Waals surface area contributed by atoms with Crippen molar-refractivity contribution in [2.75, 3.05) is 13.7 Å². The SMILES string of the molecule is COc1ccc(CCNC(=O)c2coc(C(N)Cc3ccc(O)cc3)n2)cc1. The second-order valence-electron chi connectivity index (χ2n) is 6.40. The molecule has 1 heterocycles. The summed E-state index contributed by atoms with van der Waals surface area (Å²) in [6.45, 7) is 0.479. The van der Waals surface area contributed by atoms with Crippen molar-refractivity contribution in [3.05, 3.63) is 77.5 Å². The van der Waals surface area contributed by atoms with Crippen LogP contribution < -0.4 is 15.8 Å². The normalized spacial score (nSPS) is 11.8. The van der Waals surface area contributed by atoms with Crippen LogP contribution in [0.1, 0.15) is 33.5 Å². The molecule has 7 heteroatoms. The molecule has 0 aliphatic carbocycles. The first kappa shape index (κ1) is 19.4. The molecule has 1 atom stereocenters. The molecule has 146 valence electrons. The lowest BCUT2D eigenvalue weighted by atomic mass is 10.1. The zero-order valence-electron chi connectivity index (χ0n) is 15.6. The molecule has 1 unspecified atom stereocenters. The fourth-order valence-electron chi connectivity index (χ4n) is 2.74. The van der Waals surface area contributed by atoms with Gasteiger partial charge in [-0.15, -0.1) is 0 Å². The fourth-order valence-corrected chi connectivity index (χ4v) is 2.74. The van der Waals surface area contributed by atoms with Crippen LogP contribution in [0.2, 0.25) is 0 Å². The second-order valence-corrected chi connectivity index (χ2v) is 6.40. The number of methoxy groups -OCH3 is 1. The third-order valence-electron chi connectivity index (χ3n) is 4.32. The van der Waals surface area contributed by atoms with Crippen LogP contribution in [-0.2, 0) is 12.8 Å². The van der Waals surface area contributed by atoms with Crippen LogP contribution in [0.4, 0.5) is 0 Å². The number of rotatable bonds is 8. The highest BCUT2D eigenvalue weighted by Gasteiger charge is 2.17. The first-order chi connectivity index (χ1) is 13.5. The van der Waals surface area contributed by atoms with Gasteiger partial charge in [0.1, 0.15) is 17.8 Å². The summed E-state index contributed by atoms with van der Waals surface area (Å²) in [6.07, 6.45) is 2.49. The number of hydrogen-bond acceptors (Lipinski definition) is 6. The smallest absolute Gasteiger partial charge is 0.273 e. The highest BCUT2D eigenvalue weighted by atomic mass is 16.5. The topological polar surface area (TPSA) is 111 Å². The van der Waals surface area contributed by atoms with Gasteiger partial charge in [0.15, 0.2) is 5.69 Å². The number of carbonyl (C=O) groups excluding carboxylic acids is 1. The second kappa shape index (κ2) is 9.05. The molecule has 1 aromatic heterocycles. The van der Waals surface area contributed by atoms with E-state index >= 15 is 0 Å². The van der Waals surface area contributed by atoms with E-state index in [2.05, 4.69) is 10.3 Å². The summed E-state index contributed by atoms with van der Waals surface area (Å²) in [7, 11) is 1.62. The number of ether oxygens (including phenoxy) is 1. The summed E-state index contributed by atoms with van der Waals surface area (Å²) in [4.78, 5) is 16.4. The Kier molecular flexibility index (Phi) is 6.29. The van der Waals surface area contributed by atoms with Crippen LogP contribution in [0.5, 0.6) is 11.5 Å². The van der Waals surface area contributed by atoms with Crippen LogP contribution in [0.3, 0.4) is 0 Å². The molecule has 0 radical (unpaired) electrons. The number of aromatic nitrogens is 1. The summed E-state index contributed by atoms with van der Waals surface area (Å²) < 4.78 is 10.5. The lowest BCUT2D eigenvalue weighted by molar-refractivity contribution is 0.0949. The van der Waals surface area contributed by atoms with Gasteiger partial charge in [0, 0.05) is 6.54 Å². The largest absolute Gasteiger partial charge is 0.508 e. The summed E-state index contributed by atoms with van der Waals surface area (Å²) in [5, 5.41) is 12.2. The van der Waals surface area contributed by atoms with E-state index in [4.69, 9.17) is 14.9 Å². The number of oxazole rings is 1. The zero-order valence-corrected chi connectivity index (χ0v) is 15.6. The van der Waals surface area contributed by atoms with E-state index in [1.54, 1.807) is 31.4 Å². The number of carbonyl (C=O) groups is 1. The average Bonchev–Trinajstić information content (AvgIpc) is 3.21. The van der Waals surface area contributed by atoms with Crippen LogP contribution >= 0.6 is 0 Å². The highest BCUT2D eigenvalue weighted by molar-refractivity contribution is 5.91. The van der Waals surface area contributed by atoms with Gasteiger partial charge in [0.25, 0.3) is 5.91 Å². The standard InChI is InChI=1S/C21H23N3O4/c1-27-17-8-4-14(5-9-17)10-11-23-20(26)19-13-28-21(24-19)18(22)12-15-2-6-16(25)7-3-15/h2-9,13,18,25H,10-12,22H2,1H3,(H,23,26). The number of hydrogen-bond donors (Lipinski definition) is 3. The van der Waals surface area contributed by atoms with E-state index in [-0.39, 0.29) is 17.4 Å².